The van der Waals surface area contributed by atoms with Gasteiger partial charge in [0.15, 0.2) is 0 Å². The summed E-state index contributed by atoms with van der Waals surface area (Å²) in [5.41, 5.74) is 4.06. The zero-order valence-electron chi connectivity index (χ0n) is 23.7. The molecule has 3 aliphatic rings. The standard InChI is InChI=1S/C32H35ClN4O5/c1-2-36-15-13-21(34-36)19-42-28-12-11-26(33)25-14-16-37(31(39)23-9-5-6-10-24(23)32(40)41)27(29(25)28)18-35-17-20-7-3-4-8-22(20)30(35)38/h3-4,7-8,11-13,15,23-24,27H,2,5-6,9-10,14,16-19H2,1H3,(H,40,41)/t23?,24?,27-/m1/s1. The number of carboxylic acids is 1. The van der Waals surface area contributed by atoms with Crippen LogP contribution in [0.1, 0.15) is 71.4 Å². The number of hydrogen-bond donors (Lipinski definition) is 1. The summed E-state index contributed by atoms with van der Waals surface area (Å²) in [6, 6.07) is 12.6. The summed E-state index contributed by atoms with van der Waals surface area (Å²) in [6.07, 6.45) is 5.06. The summed E-state index contributed by atoms with van der Waals surface area (Å²) in [4.78, 5) is 43.4. The van der Waals surface area contributed by atoms with Gasteiger partial charge in [0.1, 0.15) is 12.4 Å². The molecule has 2 aromatic carbocycles. The van der Waals surface area contributed by atoms with E-state index in [1.807, 2.05) is 60.3 Å². The lowest BCUT2D eigenvalue weighted by Crippen LogP contribution is -2.50. The minimum Gasteiger partial charge on any atom is -0.487 e. The number of carbonyl (C=O) groups excluding carboxylic acids is 2. The number of aliphatic carboxylic acids is 1. The maximum absolute atomic E-state index is 14.2. The van der Waals surface area contributed by atoms with Gasteiger partial charge in [-0.25, -0.2) is 0 Å². The Kier molecular flexibility index (Phi) is 7.94. The average Bonchev–Trinajstić information content (AvgIpc) is 3.60. The summed E-state index contributed by atoms with van der Waals surface area (Å²) in [7, 11) is 0. The number of halogens is 1. The number of fused-ring (bicyclic) bond motifs is 2. The first-order valence-electron chi connectivity index (χ1n) is 14.7. The zero-order chi connectivity index (χ0) is 29.4. The first-order valence-corrected chi connectivity index (χ1v) is 15.1. The third-order valence-corrected chi connectivity index (χ3v) is 9.29. The summed E-state index contributed by atoms with van der Waals surface area (Å²) in [5, 5.41) is 15.1. The van der Waals surface area contributed by atoms with Gasteiger partial charge in [-0.05, 0) is 61.6 Å². The second-order valence-electron chi connectivity index (χ2n) is 11.4. The van der Waals surface area contributed by atoms with Gasteiger partial charge in [0.25, 0.3) is 5.91 Å². The van der Waals surface area contributed by atoms with Crippen molar-refractivity contribution in [1.29, 1.82) is 0 Å². The molecule has 1 N–H and O–H groups in total. The Morgan fingerprint density at radius 2 is 1.88 bits per heavy atom. The quantitative estimate of drug-likeness (QED) is 0.391. The fraction of sp³-hybridized carbons (Fsp3) is 0.438. The molecule has 3 heterocycles. The average molecular weight is 591 g/mol. The minimum atomic E-state index is -0.925. The van der Waals surface area contributed by atoms with Crippen LogP contribution in [0, 0.1) is 11.8 Å². The van der Waals surface area contributed by atoms with Crippen LogP contribution in [-0.2, 0) is 35.7 Å². The molecule has 10 heteroatoms. The number of ether oxygens (including phenoxy) is 1. The molecule has 0 radical (unpaired) electrons. The molecule has 0 bridgehead atoms. The highest BCUT2D eigenvalue weighted by Crippen LogP contribution is 2.43. The Balaban J connectivity index is 1.37. The lowest BCUT2D eigenvalue weighted by atomic mass is 9.77. The summed E-state index contributed by atoms with van der Waals surface area (Å²) in [6.45, 7) is 4.08. The van der Waals surface area contributed by atoms with Crippen molar-refractivity contribution in [3.8, 4) is 5.75 Å². The van der Waals surface area contributed by atoms with Gasteiger partial charge in [-0.15, -0.1) is 0 Å². The lowest BCUT2D eigenvalue weighted by Gasteiger charge is -2.43. The number of amides is 2. The highest BCUT2D eigenvalue weighted by atomic mass is 35.5. The molecule has 3 aromatic rings. The van der Waals surface area contributed by atoms with Gasteiger partial charge in [0.2, 0.25) is 5.91 Å². The first-order chi connectivity index (χ1) is 20.4. The number of hydrogen-bond acceptors (Lipinski definition) is 5. The van der Waals surface area contributed by atoms with E-state index in [0.717, 1.165) is 41.8 Å². The fourth-order valence-electron chi connectivity index (χ4n) is 6.77. The molecular formula is C32H35ClN4O5. The summed E-state index contributed by atoms with van der Waals surface area (Å²) < 4.78 is 8.18. The lowest BCUT2D eigenvalue weighted by molar-refractivity contribution is -0.153. The van der Waals surface area contributed by atoms with Crippen LogP contribution in [0.3, 0.4) is 0 Å². The molecule has 1 aliphatic carbocycles. The van der Waals surface area contributed by atoms with E-state index < -0.39 is 23.8 Å². The Hall–Kier alpha value is -3.85. The van der Waals surface area contributed by atoms with Crippen LogP contribution in [0.5, 0.6) is 5.75 Å². The predicted octanol–water partition coefficient (Wildman–Crippen LogP) is 5.11. The molecule has 1 fully saturated rings. The Labute approximate surface area is 250 Å². The van der Waals surface area contributed by atoms with Gasteiger partial charge < -0.3 is 19.6 Å². The molecule has 2 aliphatic heterocycles. The summed E-state index contributed by atoms with van der Waals surface area (Å²) >= 11 is 6.74. The number of aryl methyl sites for hydroxylation is 1. The van der Waals surface area contributed by atoms with Crippen molar-refractivity contribution in [2.45, 2.75) is 64.8 Å². The molecule has 0 saturated heterocycles. The van der Waals surface area contributed by atoms with Crippen molar-refractivity contribution in [1.82, 2.24) is 19.6 Å². The molecule has 2 unspecified atom stereocenters. The van der Waals surface area contributed by atoms with Crippen LogP contribution in [0.4, 0.5) is 0 Å². The van der Waals surface area contributed by atoms with E-state index in [1.54, 1.807) is 9.80 Å². The second kappa shape index (κ2) is 11.8. The summed E-state index contributed by atoms with van der Waals surface area (Å²) in [5.74, 6) is -1.91. The number of benzene rings is 2. The van der Waals surface area contributed by atoms with E-state index in [4.69, 9.17) is 16.3 Å². The van der Waals surface area contributed by atoms with Crippen LogP contribution in [-0.4, -0.2) is 55.6 Å². The van der Waals surface area contributed by atoms with Crippen molar-refractivity contribution in [3.63, 3.8) is 0 Å². The smallest absolute Gasteiger partial charge is 0.307 e. The Morgan fingerprint density at radius 3 is 2.62 bits per heavy atom. The van der Waals surface area contributed by atoms with Gasteiger partial charge in [-0.3, -0.25) is 19.1 Å². The van der Waals surface area contributed by atoms with Gasteiger partial charge in [0, 0.05) is 48.5 Å². The highest BCUT2D eigenvalue weighted by molar-refractivity contribution is 6.31. The number of carboxylic acid groups (broad SMARTS) is 1. The van der Waals surface area contributed by atoms with E-state index >= 15 is 0 Å². The van der Waals surface area contributed by atoms with E-state index in [1.165, 1.54) is 0 Å². The van der Waals surface area contributed by atoms with E-state index in [-0.39, 0.29) is 25.0 Å². The maximum atomic E-state index is 14.2. The molecule has 2 amide bonds. The number of aromatic nitrogens is 2. The van der Waals surface area contributed by atoms with Gasteiger partial charge in [-0.2, -0.15) is 5.10 Å². The predicted molar refractivity (Wildman–Crippen MR) is 156 cm³/mol. The zero-order valence-corrected chi connectivity index (χ0v) is 24.4. The first kappa shape index (κ1) is 28.3. The molecule has 0 spiro atoms. The van der Waals surface area contributed by atoms with Crippen molar-refractivity contribution in [2.24, 2.45) is 11.8 Å². The molecule has 220 valence electrons. The van der Waals surface area contributed by atoms with Gasteiger partial charge >= 0.3 is 5.97 Å². The third kappa shape index (κ3) is 5.26. The van der Waals surface area contributed by atoms with Crippen molar-refractivity contribution >= 4 is 29.4 Å². The van der Waals surface area contributed by atoms with Crippen molar-refractivity contribution < 1.29 is 24.2 Å². The number of rotatable bonds is 8. The molecule has 3 atom stereocenters. The van der Waals surface area contributed by atoms with E-state index in [9.17, 15) is 19.5 Å². The van der Waals surface area contributed by atoms with E-state index in [2.05, 4.69) is 5.10 Å². The van der Waals surface area contributed by atoms with Crippen molar-refractivity contribution in [3.05, 3.63) is 81.6 Å². The van der Waals surface area contributed by atoms with Crippen LogP contribution in [0.15, 0.2) is 48.7 Å². The molecule has 1 saturated carbocycles. The van der Waals surface area contributed by atoms with E-state index in [0.29, 0.717) is 48.7 Å². The fourth-order valence-corrected chi connectivity index (χ4v) is 7.03. The topological polar surface area (TPSA) is 105 Å². The van der Waals surface area contributed by atoms with Gasteiger partial charge in [-0.1, -0.05) is 42.6 Å². The molecule has 1 aromatic heterocycles. The molecule has 9 nitrogen and oxygen atoms in total. The largest absolute Gasteiger partial charge is 0.487 e. The molecule has 6 rings (SSSR count). The van der Waals surface area contributed by atoms with Crippen LogP contribution in [0.25, 0.3) is 0 Å². The highest BCUT2D eigenvalue weighted by Gasteiger charge is 2.44. The maximum Gasteiger partial charge on any atom is 0.307 e. The number of carbonyl (C=O) groups is 3. The van der Waals surface area contributed by atoms with Crippen LogP contribution < -0.4 is 4.74 Å². The monoisotopic (exact) mass is 590 g/mol. The second-order valence-corrected chi connectivity index (χ2v) is 11.8. The Morgan fingerprint density at radius 1 is 1.10 bits per heavy atom. The SMILES string of the molecule is CCn1ccc(COc2ccc(Cl)c3c2[C@@H](CN2Cc4ccccc4C2=O)N(C(=O)C2CCCCC2C(=O)O)CC3)n1. The normalized spacial score (nSPS) is 21.7. The molecular weight excluding hydrogens is 556 g/mol. The Bertz CT molecular complexity index is 1520. The molecule has 42 heavy (non-hydrogen) atoms. The van der Waals surface area contributed by atoms with Crippen LogP contribution in [0.2, 0.25) is 5.02 Å². The van der Waals surface area contributed by atoms with Gasteiger partial charge in [0.05, 0.1) is 23.6 Å². The third-order valence-electron chi connectivity index (χ3n) is 8.94. The minimum absolute atomic E-state index is 0.0826. The van der Waals surface area contributed by atoms with Crippen molar-refractivity contribution in [2.75, 3.05) is 13.1 Å². The van der Waals surface area contributed by atoms with Crippen LogP contribution >= 0.6 is 11.6 Å². The number of nitrogens with zero attached hydrogens (tertiary/aromatic N) is 4.